The van der Waals surface area contributed by atoms with E-state index in [0.717, 1.165) is 12.5 Å². The zero-order valence-corrected chi connectivity index (χ0v) is 9.98. The molecule has 1 aromatic carbocycles. The van der Waals surface area contributed by atoms with Crippen LogP contribution in [0.5, 0.6) is 0 Å². The van der Waals surface area contributed by atoms with Crippen LogP contribution in [0, 0.1) is 11.6 Å². The maximum Gasteiger partial charge on any atom is 0.126 e. The number of benzene rings is 1. The third kappa shape index (κ3) is 2.89. The smallest absolute Gasteiger partial charge is 0.126 e. The van der Waals surface area contributed by atoms with Crippen molar-refractivity contribution >= 4 is 0 Å². The van der Waals surface area contributed by atoms with E-state index in [1.807, 2.05) is 6.92 Å². The van der Waals surface area contributed by atoms with Gasteiger partial charge in [0.25, 0.3) is 0 Å². The van der Waals surface area contributed by atoms with Crippen LogP contribution in [-0.4, -0.2) is 15.0 Å². The third-order valence-electron chi connectivity index (χ3n) is 2.64. The summed E-state index contributed by atoms with van der Waals surface area (Å²) in [6, 6.07) is 3.21. The summed E-state index contributed by atoms with van der Waals surface area (Å²) in [5.41, 5.74) is 6.98. The third-order valence-corrected chi connectivity index (χ3v) is 2.64. The molecular weight excluding hydrogens is 238 g/mol. The van der Waals surface area contributed by atoms with Gasteiger partial charge in [-0.25, -0.2) is 13.5 Å². The maximum atomic E-state index is 13.0. The summed E-state index contributed by atoms with van der Waals surface area (Å²) in [7, 11) is 0. The van der Waals surface area contributed by atoms with Gasteiger partial charge in [-0.05, 0) is 24.1 Å². The molecule has 0 saturated heterocycles. The summed E-state index contributed by atoms with van der Waals surface area (Å²) in [6.07, 6.45) is 2.45. The maximum absolute atomic E-state index is 13.0. The van der Waals surface area contributed by atoms with Crippen LogP contribution in [0.2, 0.25) is 0 Å². The van der Waals surface area contributed by atoms with Gasteiger partial charge in [0.1, 0.15) is 11.6 Å². The molecule has 0 aliphatic heterocycles. The zero-order valence-electron chi connectivity index (χ0n) is 9.98. The zero-order chi connectivity index (χ0) is 13.1. The highest BCUT2D eigenvalue weighted by Gasteiger charge is 2.09. The Morgan fingerprint density at radius 3 is 2.56 bits per heavy atom. The van der Waals surface area contributed by atoms with E-state index in [9.17, 15) is 8.78 Å². The largest absolute Gasteiger partial charge is 0.323 e. The SMILES string of the molecule is CCC(N)c1cn(Cc2cc(F)cc(F)c2)nn1. The molecule has 96 valence electrons. The normalized spacial score (nSPS) is 12.7. The lowest BCUT2D eigenvalue weighted by molar-refractivity contribution is 0.572. The van der Waals surface area contributed by atoms with Crippen molar-refractivity contribution in [2.45, 2.75) is 25.9 Å². The van der Waals surface area contributed by atoms with E-state index < -0.39 is 11.6 Å². The first-order valence-corrected chi connectivity index (χ1v) is 5.69. The molecular formula is C12H14F2N4. The van der Waals surface area contributed by atoms with Crippen molar-refractivity contribution in [3.05, 3.63) is 47.3 Å². The lowest BCUT2D eigenvalue weighted by Crippen LogP contribution is -2.08. The Labute approximate surface area is 103 Å². The van der Waals surface area contributed by atoms with Gasteiger partial charge in [0.05, 0.1) is 24.5 Å². The molecule has 0 amide bonds. The predicted octanol–water partition coefficient (Wildman–Crippen LogP) is 2.01. The quantitative estimate of drug-likeness (QED) is 0.905. The molecule has 18 heavy (non-hydrogen) atoms. The molecule has 0 spiro atoms. The van der Waals surface area contributed by atoms with Gasteiger partial charge in [-0.2, -0.15) is 0 Å². The van der Waals surface area contributed by atoms with Crippen molar-refractivity contribution in [3.8, 4) is 0 Å². The highest BCUT2D eigenvalue weighted by atomic mass is 19.1. The molecule has 0 aliphatic carbocycles. The summed E-state index contributed by atoms with van der Waals surface area (Å²) in [6.45, 7) is 2.21. The second-order valence-corrected chi connectivity index (χ2v) is 4.13. The minimum Gasteiger partial charge on any atom is -0.323 e. The first kappa shape index (κ1) is 12.6. The van der Waals surface area contributed by atoms with Crippen LogP contribution in [-0.2, 0) is 6.54 Å². The van der Waals surface area contributed by atoms with Crippen molar-refractivity contribution < 1.29 is 8.78 Å². The second-order valence-electron chi connectivity index (χ2n) is 4.13. The van der Waals surface area contributed by atoms with Crippen molar-refractivity contribution in [1.82, 2.24) is 15.0 Å². The van der Waals surface area contributed by atoms with E-state index >= 15 is 0 Å². The summed E-state index contributed by atoms with van der Waals surface area (Å²) in [5.74, 6) is -1.20. The highest BCUT2D eigenvalue weighted by molar-refractivity contribution is 5.18. The van der Waals surface area contributed by atoms with Crippen LogP contribution < -0.4 is 5.73 Å². The molecule has 2 aromatic rings. The average molecular weight is 252 g/mol. The van der Waals surface area contributed by atoms with Gasteiger partial charge < -0.3 is 5.73 Å². The molecule has 2 rings (SSSR count). The fourth-order valence-corrected chi connectivity index (χ4v) is 1.66. The predicted molar refractivity (Wildman–Crippen MR) is 62.7 cm³/mol. The van der Waals surface area contributed by atoms with Crippen molar-refractivity contribution in [2.75, 3.05) is 0 Å². The van der Waals surface area contributed by atoms with E-state index in [1.54, 1.807) is 6.20 Å². The summed E-state index contributed by atoms with van der Waals surface area (Å²) in [4.78, 5) is 0. The highest BCUT2D eigenvalue weighted by Crippen LogP contribution is 2.12. The van der Waals surface area contributed by atoms with E-state index in [4.69, 9.17) is 5.73 Å². The Bertz CT molecular complexity index is 518. The molecule has 0 fully saturated rings. The fraction of sp³-hybridized carbons (Fsp3) is 0.333. The molecule has 1 aromatic heterocycles. The van der Waals surface area contributed by atoms with Crippen LogP contribution in [0.25, 0.3) is 0 Å². The molecule has 1 unspecified atom stereocenters. The van der Waals surface area contributed by atoms with Crippen LogP contribution in [0.4, 0.5) is 8.78 Å². The molecule has 6 heteroatoms. The summed E-state index contributed by atoms with van der Waals surface area (Å²) < 4.78 is 27.5. The first-order chi connectivity index (χ1) is 8.58. The summed E-state index contributed by atoms with van der Waals surface area (Å²) >= 11 is 0. The van der Waals surface area contributed by atoms with Crippen LogP contribution in [0.1, 0.15) is 30.6 Å². The van der Waals surface area contributed by atoms with Gasteiger partial charge in [0.15, 0.2) is 0 Å². The minimum atomic E-state index is -0.601. The Morgan fingerprint density at radius 2 is 1.94 bits per heavy atom. The molecule has 0 bridgehead atoms. The van der Waals surface area contributed by atoms with Crippen LogP contribution in [0.3, 0.4) is 0 Å². The molecule has 1 heterocycles. The Hall–Kier alpha value is -1.82. The van der Waals surface area contributed by atoms with Gasteiger partial charge in [0, 0.05) is 6.07 Å². The monoisotopic (exact) mass is 252 g/mol. The van der Waals surface area contributed by atoms with Gasteiger partial charge in [-0.1, -0.05) is 12.1 Å². The van der Waals surface area contributed by atoms with E-state index in [1.165, 1.54) is 16.8 Å². The van der Waals surface area contributed by atoms with Gasteiger partial charge >= 0.3 is 0 Å². The molecule has 0 aliphatic rings. The summed E-state index contributed by atoms with van der Waals surface area (Å²) in [5, 5.41) is 7.81. The van der Waals surface area contributed by atoms with Gasteiger partial charge in [0.2, 0.25) is 0 Å². The minimum absolute atomic E-state index is 0.164. The standard InChI is InChI=1S/C12H14F2N4/c1-2-11(15)12-7-18(17-16-12)6-8-3-9(13)5-10(14)4-8/h3-5,7,11H,2,6,15H2,1H3. The molecule has 4 nitrogen and oxygen atoms in total. The lowest BCUT2D eigenvalue weighted by Gasteiger charge is -2.03. The van der Waals surface area contributed by atoms with Crippen LogP contribution in [0.15, 0.2) is 24.4 Å². The fourth-order valence-electron chi connectivity index (χ4n) is 1.66. The Balaban J connectivity index is 2.16. The number of hydrogen-bond donors (Lipinski definition) is 1. The van der Waals surface area contributed by atoms with E-state index in [2.05, 4.69) is 10.3 Å². The van der Waals surface area contributed by atoms with E-state index in [0.29, 0.717) is 11.3 Å². The second kappa shape index (κ2) is 5.22. The Kier molecular flexibility index (Phi) is 3.66. The molecule has 0 radical (unpaired) electrons. The molecule has 1 atom stereocenters. The van der Waals surface area contributed by atoms with Crippen LogP contribution >= 0.6 is 0 Å². The van der Waals surface area contributed by atoms with Crippen molar-refractivity contribution in [1.29, 1.82) is 0 Å². The Morgan fingerprint density at radius 1 is 1.28 bits per heavy atom. The number of nitrogens with two attached hydrogens (primary N) is 1. The number of aromatic nitrogens is 3. The lowest BCUT2D eigenvalue weighted by atomic mass is 10.2. The molecule has 2 N–H and O–H groups in total. The molecule has 0 saturated carbocycles. The average Bonchev–Trinajstić information content (AvgIpc) is 2.75. The topological polar surface area (TPSA) is 56.7 Å². The number of nitrogens with zero attached hydrogens (tertiary/aromatic N) is 3. The van der Waals surface area contributed by atoms with Crippen molar-refractivity contribution in [2.24, 2.45) is 5.73 Å². The first-order valence-electron chi connectivity index (χ1n) is 5.69. The van der Waals surface area contributed by atoms with Gasteiger partial charge in [-0.3, -0.25) is 0 Å². The number of halogens is 2. The van der Waals surface area contributed by atoms with Gasteiger partial charge in [-0.15, -0.1) is 5.10 Å². The number of rotatable bonds is 4. The van der Waals surface area contributed by atoms with E-state index in [-0.39, 0.29) is 12.6 Å². The number of hydrogen-bond acceptors (Lipinski definition) is 3. The van der Waals surface area contributed by atoms with Crippen molar-refractivity contribution in [3.63, 3.8) is 0 Å².